The molecule has 0 heterocycles. The third kappa shape index (κ3) is 7.48. The van der Waals surface area contributed by atoms with E-state index in [1.165, 1.54) is 45.6 Å². The van der Waals surface area contributed by atoms with Crippen molar-refractivity contribution in [2.45, 2.75) is 71.1 Å². The molecule has 0 saturated heterocycles. The highest BCUT2D eigenvalue weighted by Gasteiger charge is 2.07. The van der Waals surface area contributed by atoms with Crippen LogP contribution in [0.4, 0.5) is 0 Å². The Hall–Kier alpha value is -1.51. The van der Waals surface area contributed by atoms with Crippen LogP contribution in [0.15, 0.2) is 18.2 Å². The normalized spacial score (nSPS) is 10.6. The maximum atomic E-state index is 12.0. The van der Waals surface area contributed by atoms with Crippen LogP contribution in [0, 0.1) is 0 Å². The van der Waals surface area contributed by atoms with Crippen molar-refractivity contribution in [3.63, 3.8) is 0 Å². The summed E-state index contributed by atoms with van der Waals surface area (Å²) in [5, 5.41) is 9.54. The van der Waals surface area contributed by atoms with E-state index in [4.69, 9.17) is 4.74 Å². The van der Waals surface area contributed by atoms with Gasteiger partial charge in [-0.15, -0.1) is 0 Å². The third-order valence-corrected chi connectivity index (χ3v) is 3.95. The summed E-state index contributed by atoms with van der Waals surface area (Å²) in [7, 11) is 1.52. The van der Waals surface area contributed by atoms with E-state index < -0.39 is 0 Å². The van der Waals surface area contributed by atoms with Crippen LogP contribution in [-0.4, -0.2) is 18.0 Å². The summed E-state index contributed by atoms with van der Waals surface area (Å²) < 4.78 is 5.06. The van der Waals surface area contributed by atoms with Crippen molar-refractivity contribution in [3.8, 4) is 11.5 Å². The Kier molecular flexibility index (Phi) is 9.36. The molecule has 3 nitrogen and oxygen atoms in total. The van der Waals surface area contributed by atoms with Crippen LogP contribution in [0.3, 0.4) is 0 Å². The van der Waals surface area contributed by atoms with Crippen LogP contribution in [0.2, 0.25) is 0 Å². The lowest BCUT2D eigenvalue weighted by Crippen LogP contribution is -2.02. The number of aromatic hydroxyl groups is 1. The average molecular weight is 306 g/mol. The summed E-state index contributed by atoms with van der Waals surface area (Å²) in [6.07, 6.45) is 11.1. The number of Topliss-reactive ketones (excluding diaryl/α,β-unsaturated/α-hetero) is 1. The van der Waals surface area contributed by atoms with Crippen LogP contribution in [-0.2, 0) is 11.2 Å². The van der Waals surface area contributed by atoms with Gasteiger partial charge in [-0.2, -0.15) is 0 Å². The molecule has 1 N–H and O–H groups in total. The lowest BCUT2D eigenvalue weighted by Gasteiger charge is -2.06. The van der Waals surface area contributed by atoms with Gasteiger partial charge in [0.2, 0.25) is 0 Å². The molecular formula is C19H30O3. The number of phenols is 1. The highest BCUT2D eigenvalue weighted by atomic mass is 16.5. The Bertz CT molecular complexity index is 440. The van der Waals surface area contributed by atoms with E-state index in [1.807, 2.05) is 0 Å². The Labute approximate surface area is 134 Å². The summed E-state index contributed by atoms with van der Waals surface area (Å²) in [6, 6.07) is 5.10. The number of unbranched alkanes of at least 4 members (excludes halogenated alkanes) is 7. The fraction of sp³-hybridized carbons (Fsp3) is 0.632. The highest BCUT2D eigenvalue weighted by molar-refractivity contribution is 5.81. The van der Waals surface area contributed by atoms with Gasteiger partial charge < -0.3 is 9.84 Å². The molecule has 0 atom stereocenters. The topological polar surface area (TPSA) is 46.5 Å². The summed E-state index contributed by atoms with van der Waals surface area (Å²) >= 11 is 0. The van der Waals surface area contributed by atoms with Gasteiger partial charge in [0.25, 0.3) is 0 Å². The first-order valence-electron chi connectivity index (χ1n) is 8.55. The average Bonchev–Trinajstić information content (AvgIpc) is 2.51. The summed E-state index contributed by atoms with van der Waals surface area (Å²) in [6.45, 7) is 2.23. The van der Waals surface area contributed by atoms with Gasteiger partial charge in [0.15, 0.2) is 11.5 Å². The van der Waals surface area contributed by atoms with E-state index >= 15 is 0 Å². The Balaban J connectivity index is 2.16. The van der Waals surface area contributed by atoms with E-state index in [2.05, 4.69) is 6.92 Å². The van der Waals surface area contributed by atoms with Crippen LogP contribution in [0.25, 0.3) is 0 Å². The molecule has 1 aromatic rings. The van der Waals surface area contributed by atoms with Crippen molar-refractivity contribution < 1.29 is 14.6 Å². The molecular weight excluding hydrogens is 276 g/mol. The fourth-order valence-corrected chi connectivity index (χ4v) is 2.60. The molecule has 0 radical (unpaired) electrons. The van der Waals surface area contributed by atoms with Crippen molar-refractivity contribution in [1.29, 1.82) is 0 Å². The van der Waals surface area contributed by atoms with Crippen molar-refractivity contribution in [2.24, 2.45) is 0 Å². The molecule has 22 heavy (non-hydrogen) atoms. The molecule has 0 unspecified atom stereocenters. The van der Waals surface area contributed by atoms with E-state index in [-0.39, 0.29) is 11.5 Å². The van der Waals surface area contributed by atoms with Crippen LogP contribution in [0.5, 0.6) is 11.5 Å². The molecule has 1 rings (SSSR count). The van der Waals surface area contributed by atoms with Gasteiger partial charge in [0.05, 0.1) is 7.11 Å². The predicted molar refractivity (Wildman–Crippen MR) is 90.6 cm³/mol. The number of ether oxygens (including phenoxy) is 1. The number of carbonyl (C=O) groups is 1. The van der Waals surface area contributed by atoms with Crippen LogP contribution < -0.4 is 4.74 Å². The second-order valence-corrected chi connectivity index (χ2v) is 5.95. The van der Waals surface area contributed by atoms with Crippen molar-refractivity contribution in [2.75, 3.05) is 7.11 Å². The second-order valence-electron chi connectivity index (χ2n) is 5.95. The molecule has 0 amide bonds. The number of methoxy groups -OCH3 is 1. The lowest BCUT2D eigenvalue weighted by molar-refractivity contribution is -0.118. The first kappa shape index (κ1) is 18.5. The van der Waals surface area contributed by atoms with Crippen molar-refractivity contribution in [3.05, 3.63) is 23.8 Å². The smallest absolute Gasteiger partial charge is 0.160 e. The van der Waals surface area contributed by atoms with Crippen molar-refractivity contribution in [1.82, 2.24) is 0 Å². The van der Waals surface area contributed by atoms with Crippen molar-refractivity contribution >= 4 is 5.78 Å². The van der Waals surface area contributed by atoms with Gasteiger partial charge in [0.1, 0.15) is 5.78 Å². The van der Waals surface area contributed by atoms with E-state index in [0.29, 0.717) is 18.6 Å². The quantitative estimate of drug-likeness (QED) is 0.550. The molecule has 0 fully saturated rings. The first-order valence-corrected chi connectivity index (χ1v) is 8.55. The fourth-order valence-electron chi connectivity index (χ4n) is 2.60. The van der Waals surface area contributed by atoms with Gasteiger partial charge in [-0.25, -0.2) is 0 Å². The van der Waals surface area contributed by atoms with Crippen LogP contribution >= 0.6 is 0 Å². The van der Waals surface area contributed by atoms with Gasteiger partial charge in [-0.3, -0.25) is 4.79 Å². The molecule has 124 valence electrons. The number of hydrogen-bond acceptors (Lipinski definition) is 3. The van der Waals surface area contributed by atoms with Crippen LogP contribution in [0.1, 0.15) is 70.3 Å². The predicted octanol–water partition coefficient (Wildman–Crippen LogP) is 5.04. The van der Waals surface area contributed by atoms with Gasteiger partial charge in [-0.1, -0.05) is 57.9 Å². The van der Waals surface area contributed by atoms with Gasteiger partial charge in [0, 0.05) is 12.8 Å². The Morgan fingerprint density at radius 2 is 1.68 bits per heavy atom. The standard InChI is InChI=1S/C19H30O3/c1-3-4-5-6-7-8-9-10-11-17(20)14-16-12-13-18(21)19(15-16)22-2/h12-13,15,21H,3-11,14H2,1-2H3. The minimum Gasteiger partial charge on any atom is -0.504 e. The zero-order valence-corrected chi connectivity index (χ0v) is 14.1. The summed E-state index contributed by atoms with van der Waals surface area (Å²) in [5.41, 5.74) is 0.902. The Morgan fingerprint density at radius 1 is 1.05 bits per heavy atom. The third-order valence-electron chi connectivity index (χ3n) is 3.95. The van der Waals surface area contributed by atoms with Gasteiger partial charge in [-0.05, 0) is 24.1 Å². The van der Waals surface area contributed by atoms with E-state index in [1.54, 1.807) is 18.2 Å². The summed E-state index contributed by atoms with van der Waals surface area (Å²) in [4.78, 5) is 12.0. The zero-order chi connectivity index (χ0) is 16.2. The minimum atomic E-state index is 0.113. The lowest BCUT2D eigenvalue weighted by atomic mass is 10.0. The number of ketones is 1. The molecule has 0 aromatic heterocycles. The molecule has 0 saturated carbocycles. The minimum absolute atomic E-state index is 0.113. The maximum absolute atomic E-state index is 12.0. The zero-order valence-electron chi connectivity index (χ0n) is 14.1. The second kappa shape index (κ2) is 11.1. The molecule has 0 aliphatic rings. The summed E-state index contributed by atoms with van der Waals surface area (Å²) in [5.74, 6) is 0.804. The largest absolute Gasteiger partial charge is 0.504 e. The maximum Gasteiger partial charge on any atom is 0.160 e. The molecule has 0 aliphatic heterocycles. The highest BCUT2D eigenvalue weighted by Crippen LogP contribution is 2.26. The van der Waals surface area contributed by atoms with Gasteiger partial charge >= 0.3 is 0 Å². The number of rotatable bonds is 12. The van der Waals surface area contributed by atoms with E-state index in [0.717, 1.165) is 18.4 Å². The monoisotopic (exact) mass is 306 g/mol. The molecule has 0 bridgehead atoms. The molecule has 0 spiro atoms. The number of carbonyl (C=O) groups excluding carboxylic acids is 1. The van der Waals surface area contributed by atoms with E-state index in [9.17, 15) is 9.90 Å². The molecule has 1 aromatic carbocycles. The number of phenolic OH excluding ortho intramolecular Hbond substituents is 1. The number of benzene rings is 1. The Morgan fingerprint density at radius 3 is 2.32 bits per heavy atom. The molecule has 3 heteroatoms. The number of hydrogen-bond donors (Lipinski definition) is 1. The molecule has 0 aliphatic carbocycles. The SMILES string of the molecule is CCCCCCCCCCC(=O)Cc1ccc(O)c(OC)c1. The first-order chi connectivity index (χ1) is 10.7.